The van der Waals surface area contributed by atoms with Crippen LogP contribution in [-0.4, -0.2) is 30.0 Å². The number of nitrogens with zero attached hydrogens (tertiary/aromatic N) is 1. The molecule has 1 aromatic rings. The summed E-state index contributed by atoms with van der Waals surface area (Å²) >= 11 is 0. The molecule has 0 saturated carbocycles. The summed E-state index contributed by atoms with van der Waals surface area (Å²) in [5.74, 6) is -1.28. The Labute approximate surface area is 115 Å². The van der Waals surface area contributed by atoms with Crippen LogP contribution in [0.1, 0.15) is 29.6 Å². The number of carbonyl (C=O) groups excluding carboxylic acids is 1. The average Bonchev–Trinajstić information content (AvgIpc) is 2.91. The van der Waals surface area contributed by atoms with Crippen molar-refractivity contribution >= 4 is 11.6 Å². The Bertz CT molecular complexity index is 516. The van der Waals surface area contributed by atoms with Crippen molar-refractivity contribution in [3.63, 3.8) is 0 Å². The SMILES string of the molecule is O=C(NCCC1CCCN1)c1cc(F)ccc1[N+](=O)[O-]. The number of benzene rings is 1. The van der Waals surface area contributed by atoms with Crippen LogP contribution in [-0.2, 0) is 0 Å². The molecule has 2 rings (SSSR count). The molecule has 2 N–H and O–H groups in total. The molecule has 1 aliphatic rings. The van der Waals surface area contributed by atoms with Crippen molar-refractivity contribution < 1.29 is 14.1 Å². The highest BCUT2D eigenvalue weighted by Crippen LogP contribution is 2.19. The average molecular weight is 281 g/mol. The van der Waals surface area contributed by atoms with Gasteiger partial charge in [0.2, 0.25) is 0 Å². The van der Waals surface area contributed by atoms with Crippen molar-refractivity contribution in [2.24, 2.45) is 0 Å². The van der Waals surface area contributed by atoms with E-state index in [1.165, 1.54) is 0 Å². The van der Waals surface area contributed by atoms with Crippen molar-refractivity contribution in [3.05, 3.63) is 39.7 Å². The van der Waals surface area contributed by atoms with E-state index < -0.39 is 16.6 Å². The molecular formula is C13H16FN3O3. The van der Waals surface area contributed by atoms with Crippen LogP contribution in [0.4, 0.5) is 10.1 Å². The normalized spacial score (nSPS) is 17.9. The van der Waals surface area contributed by atoms with Gasteiger partial charge in [-0.1, -0.05) is 0 Å². The lowest BCUT2D eigenvalue weighted by Gasteiger charge is -2.10. The Morgan fingerprint density at radius 2 is 2.35 bits per heavy atom. The molecule has 0 bridgehead atoms. The molecule has 1 atom stereocenters. The standard InChI is InChI=1S/C13H16FN3O3/c14-9-3-4-12(17(19)20)11(8-9)13(18)16-7-5-10-2-1-6-15-10/h3-4,8,10,15H,1-2,5-7H2,(H,16,18). The van der Waals surface area contributed by atoms with E-state index in [1.54, 1.807) is 0 Å². The van der Waals surface area contributed by atoms with E-state index in [-0.39, 0.29) is 11.3 Å². The van der Waals surface area contributed by atoms with Crippen molar-refractivity contribution in [2.45, 2.75) is 25.3 Å². The number of hydrogen-bond acceptors (Lipinski definition) is 4. The topological polar surface area (TPSA) is 84.3 Å². The Kier molecular flexibility index (Phi) is 4.62. The molecule has 1 fully saturated rings. The first-order valence-corrected chi connectivity index (χ1v) is 6.53. The minimum Gasteiger partial charge on any atom is -0.352 e. The minimum absolute atomic E-state index is 0.241. The van der Waals surface area contributed by atoms with Crippen LogP contribution >= 0.6 is 0 Å². The fraction of sp³-hybridized carbons (Fsp3) is 0.462. The van der Waals surface area contributed by atoms with Gasteiger partial charge in [0.15, 0.2) is 0 Å². The fourth-order valence-corrected chi connectivity index (χ4v) is 2.31. The predicted octanol–water partition coefficient (Wildman–Crippen LogP) is 1.61. The number of carbonyl (C=O) groups is 1. The molecule has 1 amide bonds. The summed E-state index contributed by atoms with van der Waals surface area (Å²) in [5, 5.41) is 16.7. The summed E-state index contributed by atoms with van der Waals surface area (Å²) in [4.78, 5) is 22.0. The molecular weight excluding hydrogens is 265 g/mol. The number of nitrogens with one attached hydrogen (secondary N) is 2. The van der Waals surface area contributed by atoms with Gasteiger partial charge in [0.05, 0.1) is 4.92 Å². The third-order valence-corrected chi connectivity index (χ3v) is 3.34. The number of nitro groups is 1. The van der Waals surface area contributed by atoms with Crippen LogP contribution in [0.15, 0.2) is 18.2 Å². The van der Waals surface area contributed by atoms with Crippen LogP contribution in [0.3, 0.4) is 0 Å². The van der Waals surface area contributed by atoms with E-state index in [4.69, 9.17) is 0 Å². The number of rotatable bonds is 5. The Morgan fingerprint density at radius 1 is 1.55 bits per heavy atom. The van der Waals surface area contributed by atoms with E-state index in [2.05, 4.69) is 10.6 Å². The second-order valence-electron chi connectivity index (χ2n) is 4.76. The Balaban J connectivity index is 1.97. The van der Waals surface area contributed by atoms with Gasteiger partial charge in [-0.05, 0) is 37.9 Å². The Morgan fingerprint density at radius 3 is 3.00 bits per heavy atom. The van der Waals surface area contributed by atoms with Crippen molar-refractivity contribution in [2.75, 3.05) is 13.1 Å². The van der Waals surface area contributed by atoms with Gasteiger partial charge < -0.3 is 10.6 Å². The van der Waals surface area contributed by atoms with Crippen LogP contribution in [0.5, 0.6) is 0 Å². The second-order valence-corrected chi connectivity index (χ2v) is 4.76. The zero-order valence-corrected chi connectivity index (χ0v) is 10.9. The molecule has 1 aliphatic heterocycles. The van der Waals surface area contributed by atoms with E-state index in [0.717, 1.165) is 44.0 Å². The van der Waals surface area contributed by atoms with Crippen LogP contribution in [0.2, 0.25) is 0 Å². The molecule has 0 spiro atoms. The van der Waals surface area contributed by atoms with Gasteiger partial charge in [-0.15, -0.1) is 0 Å². The maximum Gasteiger partial charge on any atom is 0.282 e. The molecule has 0 aliphatic carbocycles. The van der Waals surface area contributed by atoms with E-state index in [0.29, 0.717) is 12.6 Å². The smallest absolute Gasteiger partial charge is 0.282 e. The van der Waals surface area contributed by atoms with Crippen molar-refractivity contribution in [1.29, 1.82) is 0 Å². The van der Waals surface area contributed by atoms with Gasteiger partial charge >= 0.3 is 0 Å². The van der Waals surface area contributed by atoms with Gasteiger partial charge in [-0.3, -0.25) is 14.9 Å². The van der Waals surface area contributed by atoms with Gasteiger partial charge in [-0.25, -0.2) is 4.39 Å². The summed E-state index contributed by atoms with van der Waals surface area (Å²) in [6, 6.07) is 3.24. The van der Waals surface area contributed by atoms with Gasteiger partial charge in [0.25, 0.3) is 11.6 Å². The van der Waals surface area contributed by atoms with E-state index in [9.17, 15) is 19.3 Å². The Hall–Kier alpha value is -2.02. The largest absolute Gasteiger partial charge is 0.352 e. The van der Waals surface area contributed by atoms with Crippen LogP contribution in [0, 0.1) is 15.9 Å². The highest BCUT2D eigenvalue weighted by molar-refractivity contribution is 5.98. The summed E-state index contributed by atoms with van der Waals surface area (Å²) in [6.45, 7) is 1.39. The molecule has 6 nitrogen and oxygen atoms in total. The van der Waals surface area contributed by atoms with Gasteiger partial charge in [0.1, 0.15) is 11.4 Å². The minimum atomic E-state index is -0.688. The number of halogens is 1. The quantitative estimate of drug-likeness (QED) is 0.634. The highest BCUT2D eigenvalue weighted by Gasteiger charge is 2.21. The lowest BCUT2D eigenvalue weighted by molar-refractivity contribution is -0.385. The third-order valence-electron chi connectivity index (χ3n) is 3.34. The number of nitro benzene ring substituents is 1. The summed E-state index contributed by atoms with van der Waals surface area (Å²) in [5.41, 5.74) is -0.628. The van der Waals surface area contributed by atoms with Gasteiger partial charge in [-0.2, -0.15) is 0 Å². The summed E-state index contributed by atoms with van der Waals surface area (Å²) in [7, 11) is 0. The zero-order valence-electron chi connectivity index (χ0n) is 10.9. The monoisotopic (exact) mass is 281 g/mol. The summed E-state index contributed by atoms with van der Waals surface area (Å²) in [6.07, 6.45) is 2.94. The third kappa shape index (κ3) is 3.51. The predicted molar refractivity (Wildman–Crippen MR) is 71.0 cm³/mol. The first-order chi connectivity index (χ1) is 9.58. The lowest BCUT2D eigenvalue weighted by atomic mass is 10.1. The first kappa shape index (κ1) is 14.4. The van der Waals surface area contributed by atoms with Crippen LogP contribution < -0.4 is 10.6 Å². The number of hydrogen-bond donors (Lipinski definition) is 2. The van der Waals surface area contributed by atoms with Gasteiger partial charge in [0, 0.05) is 18.7 Å². The highest BCUT2D eigenvalue weighted by atomic mass is 19.1. The zero-order chi connectivity index (χ0) is 14.5. The van der Waals surface area contributed by atoms with E-state index in [1.807, 2.05) is 0 Å². The molecule has 108 valence electrons. The number of amides is 1. The lowest BCUT2D eigenvalue weighted by Crippen LogP contribution is -2.31. The maximum atomic E-state index is 13.1. The van der Waals surface area contributed by atoms with Crippen molar-refractivity contribution in [1.82, 2.24) is 10.6 Å². The maximum absolute atomic E-state index is 13.1. The molecule has 0 aromatic heterocycles. The molecule has 7 heteroatoms. The molecule has 0 radical (unpaired) electrons. The molecule has 1 unspecified atom stereocenters. The van der Waals surface area contributed by atoms with Crippen LogP contribution in [0.25, 0.3) is 0 Å². The molecule has 1 saturated heterocycles. The fourth-order valence-electron chi connectivity index (χ4n) is 2.31. The first-order valence-electron chi connectivity index (χ1n) is 6.53. The second kappa shape index (κ2) is 6.42. The summed E-state index contributed by atoms with van der Waals surface area (Å²) < 4.78 is 13.1. The molecule has 1 aromatic carbocycles. The van der Waals surface area contributed by atoms with Crippen molar-refractivity contribution in [3.8, 4) is 0 Å². The van der Waals surface area contributed by atoms with E-state index >= 15 is 0 Å². The molecule has 20 heavy (non-hydrogen) atoms. The molecule has 1 heterocycles.